The molecule has 0 radical (unpaired) electrons. The highest BCUT2D eigenvalue weighted by Gasteiger charge is 2.07. The molecule has 2 N–H and O–H groups in total. The summed E-state index contributed by atoms with van der Waals surface area (Å²) >= 11 is 0. The number of carbonyl (C=O) groups is 1. The van der Waals surface area contributed by atoms with Gasteiger partial charge in [-0.3, -0.25) is 0 Å². The van der Waals surface area contributed by atoms with Gasteiger partial charge < -0.3 is 14.9 Å². The monoisotopic (exact) mass is 263 g/mol. The van der Waals surface area contributed by atoms with E-state index < -0.39 is 5.97 Å². The van der Waals surface area contributed by atoms with Gasteiger partial charge in [-0.15, -0.1) is 5.10 Å². The fourth-order valence-corrected chi connectivity index (χ4v) is 1.50. The third-order valence-electron chi connectivity index (χ3n) is 2.43. The molecule has 1 heterocycles. The van der Waals surface area contributed by atoms with Crippen molar-refractivity contribution in [3.63, 3.8) is 0 Å². The Morgan fingerprint density at radius 3 is 2.95 bits per heavy atom. The molecule has 0 aliphatic heterocycles. The lowest BCUT2D eigenvalue weighted by atomic mass is 10.2. The van der Waals surface area contributed by atoms with Gasteiger partial charge in [-0.2, -0.15) is 0 Å². The summed E-state index contributed by atoms with van der Waals surface area (Å²) in [5, 5.41) is 24.8. The zero-order valence-electron chi connectivity index (χ0n) is 10.1. The van der Waals surface area contributed by atoms with Gasteiger partial charge in [0, 0.05) is 0 Å². The molecule has 1 aromatic carbocycles. The Morgan fingerprint density at radius 1 is 1.42 bits per heavy atom. The van der Waals surface area contributed by atoms with Crippen LogP contribution in [0.15, 0.2) is 30.5 Å². The van der Waals surface area contributed by atoms with E-state index in [1.54, 1.807) is 24.3 Å². The van der Waals surface area contributed by atoms with Crippen molar-refractivity contribution >= 4 is 5.97 Å². The highest BCUT2D eigenvalue weighted by atomic mass is 16.5. The predicted molar refractivity (Wildman–Crippen MR) is 64.8 cm³/mol. The number of aromatic nitrogens is 3. The van der Waals surface area contributed by atoms with E-state index in [0.29, 0.717) is 18.9 Å². The van der Waals surface area contributed by atoms with Crippen molar-refractivity contribution in [3.05, 3.63) is 41.7 Å². The lowest BCUT2D eigenvalue weighted by molar-refractivity contribution is 0.0690. The van der Waals surface area contributed by atoms with Crippen LogP contribution in [0.5, 0.6) is 5.75 Å². The maximum absolute atomic E-state index is 10.6. The van der Waals surface area contributed by atoms with Crippen molar-refractivity contribution in [2.75, 3.05) is 6.61 Å². The zero-order chi connectivity index (χ0) is 13.7. The number of aliphatic hydroxyl groups is 1. The van der Waals surface area contributed by atoms with E-state index in [1.165, 1.54) is 10.9 Å². The van der Waals surface area contributed by atoms with E-state index >= 15 is 0 Å². The van der Waals surface area contributed by atoms with Gasteiger partial charge >= 0.3 is 5.97 Å². The number of hydrogen-bond donors (Lipinski definition) is 2. The van der Waals surface area contributed by atoms with Gasteiger partial charge in [0.15, 0.2) is 5.69 Å². The normalized spacial score (nSPS) is 10.4. The Morgan fingerprint density at radius 2 is 2.26 bits per heavy atom. The number of carboxylic acid groups (broad SMARTS) is 1. The highest BCUT2D eigenvalue weighted by molar-refractivity contribution is 5.84. The molecule has 0 saturated heterocycles. The minimum absolute atomic E-state index is 0.0394. The number of ether oxygens (including phenoxy) is 1. The van der Waals surface area contributed by atoms with Crippen LogP contribution < -0.4 is 4.74 Å². The number of carboxylic acids is 1. The number of aromatic carboxylic acids is 1. The molecule has 0 saturated carbocycles. The summed E-state index contributed by atoms with van der Waals surface area (Å²) in [5.41, 5.74) is 0.675. The van der Waals surface area contributed by atoms with Gasteiger partial charge in [-0.05, 0) is 17.7 Å². The number of benzene rings is 1. The Kier molecular flexibility index (Phi) is 4.09. The molecule has 0 aliphatic carbocycles. The fraction of sp³-hybridized carbons (Fsp3) is 0.250. The molecule has 7 heteroatoms. The first kappa shape index (κ1) is 13.0. The van der Waals surface area contributed by atoms with Gasteiger partial charge in [0.1, 0.15) is 12.4 Å². The predicted octanol–water partition coefficient (Wildman–Crippen LogP) is 0.548. The summed E-state index contributed by atoms with van der Waals surface area (Å²) in [5.74, 6) is -0.465. The van der Waals surface area contributed by atoms with Crippen LogP contribution in [0, 0.1) is 0 Å². The summed E-state index contributed by atoms with van der Waals surface area (Å²) in [7, 11) is 0. The molecule has 2 rings (SSSR count). The van der Waals surface area contributed by atoms with Crippen molar-refractivity contribution in [3.8, 4) is 5.75 Å². The Labute approximate surface area is 109 Å². The van der Waals surface area contributed by atoms with Gasteiger partial charge in [-0.25, -0.2) is 9.48 Å². The lowest BCUT2D eigenvalue weighted by Crippen LogP contribution is -2.09. The molecule has 0 unspecified atom stereocenters. The molecule has 7 nitrogen and oxygen atoms in total. The van der Waals surface area contributed by atoms with Crippen LogP contribution in [0.1, 0.15) is 16.1 Å². The van der Waals surface area contributed by atoms with Crippen LogP contribution in [-0.4, -0.2) is 37.8 Å². The average Bonchev–Trinajstić information content (AvgIpc) is 2.88. The standard InChI is InChI=1S/C12H13N3O4/c16-8-9-2-1-3-10(6-9)19-5-4-15-7-11(12(17)18)13-14-15/h1-3,6-7,16H,4-5,8H2,(H,17,18). The molecular formula is C12H13N3O4. The molecule has 1 aromatic heterocycles. The number of nitrogens with zero attached hydrogens (tertiary/aromatic N) is 3. The number of aliphatic hydroxyl groups excluding tert-OH is 1. The first-order valence-corrected chi connectivity index (χ1v) is 5.65. The van der Waals surface area contributed by atoms with Crippen molar-refractivity contribution in [1.82, 2.24) is 15.0 Å². The first-order valence-electron chi connectivity index (χ1n) is 5.65. The van der Waals surface area contributed by atoms with Crippen molar-refractivity contribution < 1.29 is 19.7 Å². The zero-order valence-corrected chi connectivity index (χ0v) is 10.1. The second kappa shape index (κ2) is 5.96. The maximum atomic E-state index is 10.6. The minimum atomic E-state index is -1.11. The summed E-state index contributed by atoms with van der Waals surface area (Å²) < 4.78 is 6.88. The fourth-order valence-electron chi connectivity index (χ4n) is 1.50. The van der Waals surface area contributed by atoms with Gasteiger partial charge in [0.2, 0.25) is 0 Å². The topological polar surface area (TPSA) is 97.5 Å². The number of hydrogen-bond acceptors (Lipinski definition) is 5. The third kappa shape index (κ3) is 3.52. The largest absolute Gasteiger partial charge is 0.492 e. The van der Waals surface area contributed by atoms with Gasteiger partial charge in [0.05, 0.1) is 19.3 Å². The molecule has 19 heavy (non-hydrogen) atoms. The quantitative estimate of drug-likeness (QED) is 0.789. The minimum Gasteiger partial charge on any atom is -0.492 e. The summed E-state index contributed by atoms with van der Waals surface area (Å²) in [4.78, 5) is 10.6. The number of rotatable bonds is 6. The van der Waals surface area contributed by atoms with Crippen LogP contribution in [0.3, 0.4) is 0 Å². The van der Waals surface area contributed by atoms with E-state index in [-0.39, 0.29) is 12.3 Å². The Balaban J connectivity index is 1.86. The van der Waals surface area contributed by atoms with Crippen LogP contribution in [0.4, 0.5) is 0 Å². The van der Waals surface area contributed by atoms with Crippen molar-refractivity contribution in [2.45, 2.75) is 13.2 Å². The first-order chi connectivity index (χ1) is 9.19. The second-order valence-electron chi connectivity index (χ2n) is 3.83. The van der Waals surface area contributed by atoms with Crippen LogP contribution in [-0.2, 0) is 13.2 Å². The van der Waals surface area contributed by atoms with E-state index in [2.05, 4.69) is 10.3 Å². The SMILES string of the molecule is O=C(O)c1cn(CCOc2cccc(CO)c2)nn1. The van der Waals surface area contributed by atoms with Crippen LogP contribution in [0.2, 0.25) is 0 Å². The van der Waals surface area contributed by atoms with Crippen LogP contribution in [0.25, 0.3) is 0 Å². The summed E-state index contributed by atoms with van der Waals surface area (Å²) in [6.07, 6.45) is 1.34. The molecule has 0 bridgehead atoms. The third-order valence-corrected chi connectivity index (χ3v) is 2.43. The van der Waals surface area contributed by atoms with E-state index in [9.17, 15) is 4.79 Å². The molecule has 0 spiro atoms. The van der Waals surface area contributed by atoms with E-state index in [0.717, 1.165) is 5.56 Å². The molecular weight excluding hydrogens is 250 g/mol. The molecule has 2 aromatic rings. The summed E-state index contributed by atoms with van der Waals surface area (Å²) in [6, 6.07) is 7.11. The molecule has 100 valence electrons. The second-order valence-corrected chi connectivity index (χ2v) is 3.83. The molecule has 0 fully saturated rings. The maximum Gasteiger partial charge on any atom is 0.358 e. The van der Waals surface area contributed by atoms with Gasteiger partial charge in [-0.1, -0.05) is 17.3 Å². The van der Waals surface area contributed by atoms with Crippen molar-refractivity contribution in [2.24, 2.45) is 0 Å². The van der Waals surface area contributed by atoms with Crippen molar-refractivity contribution in [1.29, 1.82) is 0 Å². The smallest absolute Gasteiger partial charge is 0.358 e. The van der Waals surface area contributed by atoms with Crippen LogP contribution >= 0.6 is 0 Å². The molecule has 0 amide bonds. The molecule has 0 atom stereocenters. The average molecular weight is 263 g/mol. The summed E-state index contributed by atoms with van der Waals surface area (Å²) in [6.45, 7) is 0.684. The lowest BCUT2D eigenvalue weighted by Gasteiger charge is -2.06. The molecule has 0 aliphatic rings. The van der Waals surface area contributed by atoms with E-state index in [1.807, 2.05) is 0 Å². The Bertz CT molecular complexity index is 568. The highest BCUT2D eigenvalue weighted by Crippen LogP contribution is 2.13. The van der Waals surface area contributed by atoms with E-state index in [4.69, 9.17) is 14.9 Å². The Hall–Kier alpha value is -2.41. The van der Waals surface area contributed by atoms with Gasteiger partial charge in [0.25, 0.3) is 0 Å².